The highest BCUT2D eigenvalue weighted by molar-refractivity contribution is 6.32. The number of aromatic amines is 1. The maximum atomic E-state index is 13.1. The van der Waals surface area contributed by atoms with Crippen LogP contribution < -0.4 is 0 Å². The molecule has 0 atom stereocenters. The SMILES string of the molecule is N#Cc1cc(-c2ncnc3[nH]ccc23)cn1-c1cc(C(F)(F)F)ccc1Cl. The van der Waals surface area contributed by atoms with Gasteiger partial charge in [-0.15, -0.1) is 0 Å². The van der Waals surface area contributed by atoms with Crippen LogP contribution in [0, 0.1) is 11.3 Å². The van der Waals surface area contributed by atoms with Gasteiger partial charge in [-0.05, 0) is 30.3 Å². The first-order chi connectivity index (χ1) is 12.9. The van der Waals surface area contributed by atoms with Gasteiger partial charge in [0.15, 0.2) is 0 Å². The number of rotatable bonds is 2. The van der Waals surface area contributed by atoms with E-state index < -0.39 is 11.7 Å². The molecule has 0 aliphatic rings. The lowest BCUT2D eigenvalue weighted by Gasteiger charge is -2.12. The van der Waals surface area contributed by atoms with Crippen molar-refractivity contribution < 1.29 is 13.2 Å². The third-order valence-electron chi connectivity index (χ3n) is 4.09. The van der Waals surface area contributed by atoms with E-state index in [0.717, 1.165) is 23.6 Å². The summed E-state index contributed by atoms with van der Waals surface area (Å²) in [5, 5.41) is 10.3. The number of H-pyrrole nitrogens is 1. The van der Waals surface area contributed by atoms with Crippen LogP contribution in [0.1, 0.15) is 11.3 Å². The summed E-state index contributed by atoms with van der Waals surface area (Å²) in [5.41, 5.74) is 1.08. The van der Waals surface area contributed by atoms with Crippen LogP contribution in [-0.2, 0) is 6.18 Å². The van der Waals surface area contributed by atoms with Gasteiger partial charge in [0.2, 0.25) is 0 Å². The smallest absolute Gasteiger partial charge is 0.346 e. The van der Waals surface area contributed by atoms with Gasteiger partial charge in [0, 0.05) is 23.3 Å². The van der Waals surface area contributed by atoms with E-state index in [9.17, 15) is 18.4 Å². The summed E-state index contributed by atoms with van der Waals surface area (Å²) in [5.74, 6) is 0. The zero-order valence-corrected chi connectivity index (χ0v) is 14.2. The highest BCUT2D eigenvalue weighted by atomic mass is 35.5. The van der Waals surface area contributed by atoms with Crippen LogP contribution in [0.15, 0.2) is 49.1 Å². The molecule has 0 fully saturated rings. The fourth-order valence-electron chi connectivity index (χ4n) is 2.85. The van der Waals surface area contributed by atoms with Crippen molar-refractivity contribution >= 4 is 22.6 Å². The van der Waals surface area contributed by atoms with Crippen LogP contribution in [0.25, 0.3) is 28.0 Å². The van der Waals surface area contributed by atoms with Gasteiger partial charge in [-0.2, -0.15) is 18.4 Å². The van der Waals surface area contributed by atoms with Gasteiger partial charge < -0.3 is 9.55 Å². The van der Waals surface area contributed by atoms with Crippen LogP contribution in [0.3, 0.4) is 0 Å². The van der Waals surface area contributed by atoms with Crippen LogP contribution in [0.5, 0.6) is 0 Å². The van der Waals surface area contributed by atoms with E-state index in [1.807, 2.05) is 6.07 Å². The Hall–Kier alpha value is -3.31. The Morgan fingerprint density at radius 1 is 1.15 bits per heavy atom. The molecule has 0 saturated heterocycles. The molecule has 0 amide bonds. The Balaban J connectivity index is 1.92. The minimum Gasteiger partial charge on any atom is -0.346 e. The molecule has 0 bridgehead atoms. The van der Waals surface area contributed by atoms with E-state index in [1.54, 1.807) is 18.3 Å². The number of nitriles is 1. The van der Waals surface area contributed by atoms with Crippen molar-refractivity contribution in [2.45, 2.75) is 6.18 Å². The van der Waals surface area contributed by atoms with E-state index >= 15 is 0 Å². The predicted molar refractivity (Wildman–Crippen MR) is 93.4 cm³/mol. The second-order valence-corrected chi connectivity index (χ2v) is 6.13. The second-order valence-electron chi connectivity index (χ2n) is 5.72. The Bertz CT molecular complexity index is 1200. The van der Waals surface area contributed by atoms with Gasteiger partial charge in [-0.3, -0.25) is 0 Å². The molecule has 134 valence electrons. The first-order valence-corrected chi connectivity index (χ1v) is 8.04. The van der Waals surface area contributed by atoms with Gasteiger partial charge >= 0.3 is 6.18 Å². The van der Waals surface area contributed by atoms with Gasteiger partial charge in [-0.25, -0.2) is 9.97 Å². The number of aromatic nitrogens is 4. The molecule has 1 aromatic carbocycles. The third kappa shape index (κ3) is 2.92. The highest BCUT2D eigenvalue weighted by Crippen LogP contribution is 2.35. The van der Waals surface area contributed by atoms with Gasteiger partial charge in [-0.1, -0.05) is 11.6 Å². The van der Waals surface area contributed by atoms with E-state index in [4.69, 9.17) is 11.6 Å². The van der Waals surface area contributed by atoms with Crippen molar-refractivity contribution in [1.82, 2.24) is 19.5 Å². The van der Waals surface area contributed by atoms with Crippen molar-refractivity contribution in [2.75, 3.05) is 0 Å². The standard InChI is InChI=1S/C18H9ClF3N5/c19-14-2-1-11(18(20,21)22)6-15(14)27-8-10(5-12(27)7-23)16-13-3-4-24-17(13)26-9-25-16/h1-6,8-9H,(H,24,25,26). The molecule has 3 heterocycles. The second kappa shape index (κ2) is 6.14. The fourth-order valence-corrected chi connectivity index (χ4v) is 3.06. The lowest BCUT2D eigenvalue weighted by molar-refractivity contribution is -0.137. The molecule has 0 spiro atoms. The molecule has 4 rings (SSSR count). The number of alkyl halides is 3. The number of hydrogen-bond donors (Lipinski definition) is 1. The summed E-state index contributed by atoms with van der Waals surface area (Å²) in [6, 6.07) is 8.29. The lowest BCUT2D eigenvalue weighted by atomic mass is 10.1. The molecule has 3 aromatic heterocycles. The van der Waals surface area contributed by atoms with E-state index in [1.165, 1.54) is 17.1 Å². The number of halogens is 4. The summed E-state index contributed by atoms with van der Waals surface area (Å²) >= 11 is 6.11. The van der Waals surface area contributed by atoms with Crippen molar-refractivity contribution in [3.63, 3.8) is 0 Å². The summed E-state index contributed by atoms with van der Waals surface area (Å²) in [4.78, 5) is 11.3. The average molecular weight is 388 g/mol. The number of benzene rings is 1. The highest BCUT2D eigenvalue weighted by Gasteiger charge is 2.31. The predicted octanol–water partition coefficient (Wildman–Crippen LogP) is 4.96. The molecule has 27 heavy (non-hydrogen) atoms. The molecule has 0 aliphatic heterocycles. The van der Waals surface area contributed by atoms with Crippen LogP contribution in [-0.4, -0.2) is 19.5 Å². The quantitative estimate of drug-likeness (QED) is 0.528. The maximum absolute atomic E-state index is 13.1. The fraction of sp³-hybridized carbons (Fsp3) is 0.0556. The molecule has 0 aliphatic carbocycles. The molecule has 0 saturated carbocycles. The zero-order valence-electron chi connectivity index (χ0n) is 13.4. The summed E-state index contributed by atoms with van der Waals surface area (Å²) < 4.78 is 40.5. The first-order valence-electron chi connectivity index (χ1n) is 7.66. The first kappa shape index (κ1) is 17.1. The minimum atomic E-state index is -4.52. The zero-order chi connectivity index (χ0) is 19.2. The molecule has 0 radical (unpaired) electrons. The lowest BCUT2D eigenvalue weighted by Crippen LogP contribution is -2.07. The molecular formula is C18H9ClF3N5. The number of fused-ring (bicyclic) bond motifs is 1. The van der Waals surface area contributed by atoms with E-state index in [-0.39, 0.29) is 16.4 Å². The van der Waals surface area contributed by atoms with Crippen LogP contribution in [0.4, 0.5) is 13.2 Å². The summed E-state index contributed by atoms with van der Waals surface area (Å²) in [6.45, 7) is 0. The van der Waals surface area contributed by atoms with E-state index in [0.29, 0.717) is 16.9 Å². The number of nitrogens with one attached hydrogen (secondary N) is 1. The molecule has 9 heteroatoms. The minimum absolute atomic E-state index is 0.0636. The molecular weight excluding hydrogens is 379 g/mol. The number of hydrogen-bond acceptors (Lipinski definition) is 3. The van der Waals surface area contributed by atoms with Crippen molar-refractivity contribution in [3.05, 3.63) is 65.3 Å². The summed E-state index contributed by atoms with van der Waals surface area (Å²) in [6.07, 6.45) is 0.0876. The average Bonchev–Trinajstić information content (AvgIpc) is 3.27. The van der Waals surface area contributed by atoms with Crippen molar-refractivity contribution in [2.24, 2.45) is 0 Å². The molecule has 4 aromatic rings. The molecule has 1 N–H and O–H groups in total. The van der Waals surface area contributed by atoms with Gasteiger partial charge in [0.05, 0.1) is 22.0 Å². The van der Waals surface area contributed by atoms with Gasteiger partial charge in [0.25, 0.3) is 0 Å². The third-order valence-corrected chi connectivity index (χ3v) is 4.41. The maximum Gasteiger partial charge on any atom is 0.416 e. The number of nitrogens with zero attached hydrogens (tertiary/aromatic N) is 4. The topological polar surface area (TPSA) is 70.3 Å². The van der Waals surface area contributed by atoms with Gasteiger partial charge in [0.1, 0.15) is 23.7 Å². The largest absolute Gasteiger partial charge is 0.416 e. The molecule has 5 nitrogen and oxygen atoms in total. The van der Waals surface area contributed by atoms with Crippen molar-refractivity contribution in [1.29, 1.82) is 5.26 Å². The summed E-state index contributed by atoms with van der Waals surface area (Å²) in [7, 11) is 0. The normalized spacial score (nSPS) is 11.7. The Morgan fingerprint density at radius 2 is 1.96 bits per heavy atom. The monoisotopic (exact) mass is 387 g/mol. The van der Waals surface area contributed by atoms with Crippen LogP contribution >= 0.6 is 11.6 Å². The Kier molecular flexibility index (Phi) is 3.89. The Morgan fingerprint density at radius 3 is 2.70 bits per heavy atom. The van der Waals surface area contributed by atoms with Crippen LogP contribution in [0.2, 0.25) is 5.02 Å². The Labute approximate surface area is 155 Å². The molecule has 0 unspecified atom stereocenters. The van der Waals surface area contributed by atoms with Crippen molar-refractivity contribution in [3.8, 4) is 23.0 Å². The van der Waals surface area contributed by atoms with E-state index in [2.05, 4.69) is 15.0 Å².